The maximum atomic E-state index is 12.7. The zero-order valence-corrected chi connectivity index (χ0v) is 13.1. The van der Waals surface area contributed by atoms with Crippen molar-refractivity contribution in [2.75, 3.05) is 4.72 Å². The molecule has 5 nitrogen and oxygen atoms in total. The quantitative estimate of drug-likeness (QED) is 0.719. The number of alkyl halides is 3. The highest BCUT2D eigenvalue weighted by atomic mass is 32.2. The number of nitrogens with one attached hydrogen (secondary N) is 1. The summed E-state index contributed by atoms with van der Waals surface area (Å²) < 4.78 is 69.7. The van der Waals surface area contributed by atoms with Gasteiger partial charge in [0.05, 0.1) is 10.5 Å². The van der Waals surface area contributed by atoms with Gasteiger partial charge >= 0.3 is 11.8 Å². The van der Waals surface area contributed by atoms with Gasteiger partial charge in [-0.15, -0.1) is 0 Å². The van der Waals surface area contributed by atoms with E-state index in [2.05, 4.69) is 6.07 Å². The second-order valence-corrected chi connectivity index (χ2v) is 6.72. The van der Waals surface area contributed by atoms with Gasteiger partial charge in [-0.25, -0.2) is 13.2 Å². The number of fused-ring (bicyclic) bond motifs is 1. The first-order valence-corrected chi connectivity index (χ1v) is 8.30. The molecule has 1 heterocycles. The van der Waals surface area contributed by atoms with E-state index < -0.39 is 38.0 Å². The molecule has 0 bridgehead atoms. The van der Waals surface area contributed by atoms with Crippen LogP contribution in [0.1, 0.15) is 5.56 Å². The molecule has 0 amide bonds. The van der Waals surface area contributed by atoms with Gasteiger partial charge in [0.1, 0.15) is 11.3 Å². The predicted molar refractivity (Wildman–Crippen MR) is 83.6 cm³/mol. The highest BCUT2D eigenvalue weighted by molar-refractivity contribution is 7.92. The molecule has 0 aliphatic heterocycles. The number of rotatable bonds is 3. The summed E-state index contributed by atoms with van der Waals surface area (Å²) in [5.41, 5.74) is -2.37. The van der Waals surface area contributed by atoms with E-state index in [-0.39, 0.29) is 5.58 Å². The molecule has 0 fully saturated rings. The molecule has 0 aliphatic rings. The average Bonchev–Trinajstić information content (AvgIpc) is 2.55. The summed E-state index contributed by atoms with van der Waals surface area (Å²) in [5.74, 6) is 0. The van der Waals surface area contributed by atoms with Gasteiger partial charge in [-0.2, -0.15) is 13.2 Å². The van der Waals surface area contributed by atoms with Crippen molar-refractivity contribution in [3.8, 4) is 0 Å². The number of hydrogen-bond donors (Lipinski definition) is 1. The van der Waals surface area contributed by atoms with Crippen LogP contribution in [-0.2, 0) is 16.2 Å². The number of hydrogen-bond acceptors (Lipinski definition) is 4. The summed E-state index contributed by atoms with van der Waals surface area (Å²) in [6.45, 7) is 0. The number of anilines is 1. The lowest BCUT2D eigenvalue weighted by atomic mass is 10.2. The van der Waals surface area contributed by atoms with Crippen molar-refractivity contribution in [2.24, 2.45) is 0 Å². The topological polar surface area (TPSA) is 76.4 Å². The van der Waals surface area contributed by atoms with Crippen molar-refractivity contribution in [1.29, 1.82) is 0 Å². The summed E-state index contributed by atoms with van der Waals surface area (Å²) in [6, 6.07) is 11.8. The maximum Gasteiger partial charge on any atom is 0.416 e. The van der Waals surface area contributed by atoms with Crippen LogP contribution in [0.2, 0.25) is 0 Å². The molecule has 3 aromatic rings. The van der Waals surface area contributed by atoms with Gasteiger partial charge in [0.25, 0.3) is 10.0 Å². The first kappa shape index (κ1) is 17.0. The van der Waals surface area contributed by atoms with Crippen LogP contribution in [0.3, 0.4) is 0 Å². The Labute approximate surface area is 139 Å². The molecule has 0 aliphatic carbocycles. The van der Waals surface area contributed by atoms with E-state index >= 15 is 0 Å². The Kier molecular flexibility index (Phi) is 4.03. The zero-order valence-electron chi connectivity index (χ0n) is 12.3. The predicted octanol–water partition coefficient (Wildman–Crippen LogP) is 3.41. The van der Waals surface area contributed by atoms with Gasteiger partial charge in [-0.3, -0.25) is 4.72 Å². The molecular formula is C16H9F3NO4S. The summed E-state index contributed by atoms with van der Waals surface area (Å²) in [4.78, 5) is 11.3. The first-order chi connectivity index (χ1) is 11.7. The standard InChI is InChI=1S/C16H9F3NO4S/c17-16(18,19)11-5-3-6-12(9-11)25(22,23)20-13-8-10-4-1-2-7-14(10)24-15(13)21/h1-6,8-9,20H. The monoisotopic (exact) mass is 368 g/mol. The van der Waals surface area contributed by atoms with Crippen LogP contribution in [0.5, 0.6) is 0 Å². The van der Waals surface area contributed by atoms with E-state index in [1.165, 1.54) is 12.1 Å². The Morgan fingerprint density at radius 3 is 2.56 bits per heavy atom. The first-order valence-electron chi connectivity index (χ1n) is 6.81. The molecule has 25 heavy (non-hydrogen) atoms. The van der Waals surface area contributed by atoms with Gasteiger partial charge < -0.3 is 4.42 Å². The molecule has 0 unspecified atom stereocenters. The van der Waals surface area contributed by atoms with Crippen LogP contribution in [0, 0.1) is 6.07 Å². The summed E-state index contributed by atoms with van der Waals surface area (Å²) in [5, 5.41) is 0.406. The third-order valence-electron chi connectivity index (χ3n) is 3.28. The van der Waals surface area contributed by atoms with Crippen molar-refractivity contribution in [2.45, 2.75) is 11.1 Å². The average molecular weight is 368 g/mol. The Morgan fingerprint density at radius 2 is 1.84 bits per heavy atom. The fraction of sp³-hybridized carbons (Fsp3) is 0.0625. The minimum atomic E-state index is -4.69. The largest absolute Gasteiger partial charge is 0.421 e. The lowest BCUT2D eigenvalue weighted by Gasteiger charge is -2.10. The van der Waals surface area contributed by atoms with Crippen LogP contribution < -0.4 is 10.3 Å². The fourth-order valence-electron chi connectivity index (χ4n) is 2.11. The molecule has 1 aromatic heterocycles. The van der Waals surface area contributed by atoms with Crippen molar-refractivity contribution in [1.82, 2.24) is 0 Å². The molecule has 9 heteroatoms. The van der Waals surface area contributed by atoms with Gasteiger partial charge in [0, 0.05) is 11.5 Å². The van der Waals surface area contributed by atoms with E-state index in [1.54, 1.807) is 12.1 Å². The second-order valence-electron chi connectivity index (χ2n) is 5.03. The molecule has 0 atom stereocenters. The van der Waals surface area contributed by atoms with Crippen LogP contribution in [0.25, 0.3) is 11.0 Å². The van der Waals surface area contributed by atoms with Crippen molar-refractivity contribution >= 4 is 26.7 Å². The lowest BCUT2D eigenvalue weighted by molar-refractivity contribution is -0.137. The molecule has 2 aromatic carbocycles. The van der Waals surface area contributed by atoms with Crippen LogP contribution in [-0.4, -0.2) is 8.42 Å². The number of para-hydroxylation sites is 1. The number of benzene rings is 2. The summed E-state index contributed by atoms with van der Waals surface area (Å²) in [6.07, 6.45) is -4.69. The summed E-state index contributed by atoms with van der Waals surface area (Å²) >= 11 is 0. The molecule has 1 N–H and O–H groups in total. The molecular weight excluding hydrogens is 359 g/mol. The smallest absolute Gasteiger partial charge is 0.416 e. The third kappa shape index (κ3) is 3.50. The Morgan fingerprint density at radius 1 is 1.08 bits per heavy atom. The highest BCUT2D eigenvalue weighted by Gasteiger charge is 2.31. The maximum absolute atomic E-state index is 12.7. The molecule has 3 rings (SSSR count). The highest BCUT2D eigenvalue weighted by Crippen LogP contribution is 2.30. The summed E-state index contributed by atoms with van der Waals surface area (Å²) in [7, 11) is -4.41. The van der Waals surface area contributed by atoms with E-state index in [0.717, 1.165) is 18.2 Å². The Hall–Kier alpha value is -2.81. The van der Waals surface area contributed by atoms with Crippen molar-refractivity contribution in [3.05, 3.63) is 70.6 Å². The van der Waals surface area contributed by atoms with Crippen LogP contribution >= 0.6 is 0 Å². The fourth-order valence-corrected chi connectivity index (χ4v) is 3.20. The lowest BCUT2D eigenvalue weighted by Crippen LogP contribution is -2.19. The normalized spacial score (nSPS) is 12.3. The van der Waals surface area contributed by atoms with Gasteiger partial charge in [0.2, 0.25) is 0 Å². The van der Waals surface area contributed by atoms with Gasteiger partial charge in [-0.1, -0.05) is 24.3 Å². The number of sulfonamides is 1. The molecule has 1 radical (unpaired) electrons. The van der Waals surface area contributed by atoms with E-state index in [0.29, 0.717) is 11.5 Å². The van der Waals surface area contributed by atoms with E-state index in [1.807, 2.05) is 4.72 Å². The minimum Gasteiger partial charge on any atom is -0.421 e. The zero-order chi connectivity index (χ0) is 18.2. The Bertz CT molecular complexity index is 1100. The molecule has 0 spiro atoms. The van der Waals surface area contributed by atoms with Gasteiger partial charge in [-0.05, 0) is 24.3 Å². The minimum absolute atomic E-state index is 0.134. The second kappa shape index (κ2) is 5.92. The number of halogens is 3. The Balaban J connectivity index is 2.03. The SMILES string of the molecule is O=c1oc2[c]cccc2cc1NS(=O)(=O)c1cccc(C(F)(F)F)c1. The third-order valence-corrected chi connectivity index (χ3v) is 4.64. The van der Waals surface area contributed by atoms with Crippen LogP contribution in [0.4, 0.5) is 18.9 Å². The van der Waals surface area contributed by atoms with E-state index in [4.69, 9.17) is 4.42 Å². The molecule has 129 valence electrons. The van der Waals surface area contributed by atoms with Crippen molar-refractivity contribution in [3.63, 3.8) is 0 Å². The van der Waals surface area contributed by atoms with Crippen molar-refractivity contribution < 1.29 is 26.0 Å². The molecule has 0 saturated heterocycles. The van der Waals surface area contributed by atoms with Crippen LogP contribution in [0.15, 0.2) is 62.6 Å². The molecule has 0 saturated carbocycles. The van der Waals surface area contributed by atoms with Gasteiger partial charge in [0.15, 0.2) is 0 Å². The van der Waals surface area contributed by atoms with E-state index in [9.17, 15) is 26.4 Å².